The molecule has 4 heteroatoms. The predicted octanol–water partition coefficient (Wildman–Crippen LogP) is 4.76. The minimum absolute atomic E-state index is 0.0932. The number of hydrogen-bond acceptors (Lipinski definition) is 4. The minimum atomic E-state index is -0.0932. The molecular formula is C23H42N4. The first-order valence-corrected chi connectivity index (χ1v) is 11.5. The van der Waals surface area contributed by atoms with Gasteiger partial charge in [-0.2, -0.15) is 0 Å². The van der Waals surface area contributed by atoms with Crippen molar-refractivity contribution >= 4 is 5.96 Å². The molecule has 1 saturated heterocycles. The molecule has 3 rings (SSSR count). The number of unbranched alkanes of at least 4 members (excludes halogenated alkanes) is 3. The molecule has 0 amide bonds. The number of aliphatic imine (C=N–C) groups is 1. The number of nitrogens with two attached hydrogens (primary N) is 1. The van der Waals surface area contributed by atoms with E-state index < -0.39 is 0 Å². The third-order valence-corrected chi connectivity index (χ3v) is 6.53. The van der Waals surface area contributed by atoms with E-state index in [1.807, 2.05) is 0 Å². The summed E-state index contributed by atoms with van der Waals surface area (Å²) in [6, 6.07) is 0. The molecule has 0 spiro atoms. The zero-order valence-electron chi connectivity index (χ0n) is 18.3. The fourth-order valence-corrected chi connectivity index (χ4v) is 5.18. The Labute approximate surface area is 167 Å². The monoisotopic (exact) mass is 374 g/mol. The highest BCUT2D eigenvalue weighted by Gasteiger charge is 2.44. The number of rotatable bonds is 9. The third-order valence-electron chi connectivity index (χ3n) is 6.53. The molecule has 0 bridgehead atoms. The first-order valence-electron chi connectivity index (χ1n) is 11.5. The Morgan fingerprint density at radius 2 is 1.85 bits per heavy atom. The van der Waals surface area contributed by atoms with Gasteiger partial charge in [0.05, 0.1) is 0 Å². The van der Waals surface area contributed by atoms with Crippen molar-refractivity contribution in [3.63, 3.8) is 0 Å². The molecule has 0 aromatic rings. The van der Waals surface area contributed by atoms with Gasteiger partial charge < -0.3 is 15.5 Å². The van der Waals surface area contributed by atoms with E-state index >= 15 is 0 Å². The van der Waals surface area contributed by atoms with E-state index in [0.717, 1.165) is 24.8 Å². The van der Waals surface area contributed by atoms with Crippen molar-refractivity contribution in [3.05, 3.63) is 11.3 Å². The van der Waals surface area contributed by atoms with E-state index in [1.54, 1.807) is 5.57 Å². The highest BCUT2D eigenvalue weighted by molar-refractivity contribution is 5.84. The standard InChI is InChI=1S/C23H42N4/c1-5-6-7-8-13-26-14-11-19(12-15-26)17-27-21(20-9-10-20)23(4,16-18(2)3)25-22(27)24/h18-19H,5-17H2,1-4H3,(H2,24,25). The average Bonchev–Trinajstić information content (AvgIpc) is 3.39. The molecule has 1 saturated carbocycles. The molecule has 0 aromatic carbocycles. The highest BCUT2D eigenvalue weighted by Crippen LogP contribution is 2.45. The van der Waals surface area contributed by atoms with Gasteiger partial charge in [0.25, 0.3) is 0 Å². The molecule has 2 N–H and O–H groups in total. The Kier molecular flexibility index (Phi) is 6.88. The van der Waals surface area contributed by atoms with Gasteiger partial charge in [0.15, 0.2) is 5.96 Å². The smallest absolute Gasteiger partial charge is 0.196 e. The molecule has 1 unspecified atom stereocenters. The van der Waals surface area contributed by atoms with Crippen molar-refractivity contribution in [1.82, 2.24) is 9.80 Å². The van der Waals surface area contributed by atoms with Crippen molar-refractivity contribution in [3.8, 4) is 0 Å². The first kappa shape index (κ1) is 20.7. The number of likely N-dealkylation sites (tertiary alicyclic amines) is 1. The van der Waals surface area contributed by atoms with E-state index in [2.05, 4.69) is 37.5 Å². The summed E-state index contributed by atoms with van der Waals surface area (Å²) in [5.74, 6) is 2.16. The Hall–Kier alpha value is -1.03. The van der Waals surface area contributed by atoms with E-state index in [1.165, 1.54) is 76.7 Å². The molecule has 1 atom stereocenters. The summed E-state index contributed by atoms with van der Waals surface area (Å²) in [6.45, 7) is 14.1. The van der Waals surface area contributed by atoms with Gasteiger partial charge in [-0.1, -0.05) is 40.0 Å². The van der Waals surface area contributed by atoms with E-state index in [9.17, 15) is 0 Å². The van der Waals surface area contributed by atoms with Crippen LogP contribution in [-0.4, -0.2) is 47.5 Å². The summed E-state index contributed by atoms with van der Waals surface area (Å²) in [4.78, 5) is 10.1. The molecule has 2 aliphatic heterocycles. The number of guanidine groups is 1. The van der Waals surface area contributed by atoms with Gasteiger partial charge in [0.2, 0.25) is 0 Å². The molecule has 0 aromatic heterocycles. The lowest BCUT2D eigenvalue weighted by Crippen LogP contribution is -2.42. The normalized spacial score (nSPS) is 27.0. The van der Waals surface area contributed by atoms with E-state index in [-0.39, 0.29) is 5.54 Å². The second-order valence-electron chi connectivity index (χ2n) is 9.75. The highest BCUT2D eigenvalue weighted by atomic mass is 15.3. The molecule has 2 heterocycles. The summed E-state index contributed by atoms with van der Waals surface area (Å²) in [6.07, 6.45) is 11.7. The number of nitrogens with zero attached hydrogens (tertiary/aromatic N) is 3. The molecule has 27 heavy (non-hydrogen) atoms. The van der Waals surface area contributed by atoms with Gasteiger partial charge in [0, 0.05) is 12.2 Å². The zero-order chi connectivity index (χ0) is 19.4. The topological polar surface area (TPSA) is 44.9 Å². The molecule has 154 valence electrons. The summed E-state index contributed by atoms with van der Waals surface area (Å²) in [5, 5.41) is 0. The molecule has 4 nitrogen and oxygen atoms in total. The quantitative estimate of drug-likeness (QED) is 0.592. The second-order valence-corrected chi connectivity index (χ2v) is 9.75. The van der Waals surface area contributed by atoms with Crippen LogP contribution >= 0.6 is 0 Å². The van der Waals surface area contributed by atoms with Crippen molar-refractivity contribution in [2.24, 2.45) is 22.6 Å². The first-order chi connectivity index (χ1) is 12.9. The van der Waals surface area contributed by atoms with Crippen molar-refractivity contribution < 1.29 is 0 Å². The van der Waals surface area contributed by atoms with Crippen LogP contribution < -0.4 is 5.73 Å². The lowest BCUT2D eigenvalue weighted by Gasteiger charge is -2.36. The van der Waals surface area contributed by atoms with Gasteiger partial charge in [0.1, 0.15) is 5.54 Å². The van der Waals surface area contributed by atoms with Gasteiger partial charge in [-0.3, -0.25) is 0 Å². The Balaban J connectivity index is 1.54. The van der Waals surface area contributed by atoms with Crippen LogP contribution in [0.3, 0.4) is 0 Å². The lowest BCUT2D eigenvalue weighted by atomic mass is 9.87. The van der Waals surface area contributed by atoms with Crippen molar-refractivity contribution in [1.29, 1.82) is 0 Å². The molecule has 3 aliphatic rings. The minimum Gasteiger partial charge on any atom is -0.369 e. The molecule has 1 aliphatic carbocycles. The lowest BCUT2D eigenvalue weighted by molar-refractivity contribution is 0.168. The molecular weight excluding hydrogens is 332 g/mol. The van der Waals surface area contributed by atoms with Crippen molar-refractivity contribution in [2.75, 3.05) is 26.2 Å². The van der Waals surface area contributed by atoms with Crippen molar-refractivity contribution in [2.45, 2.75) is 91.0 Å². The fourth-order valence-electron chi connectivity index (χ4n) is 5.18. The molecule has 2 fully saturated rings. The van der Waals surface area contributed by atoms with Crippen LogP contribution in [0.1, 0.15) is 85.5 Å². The van der Waals surface area contributed by atoms with E-state index in [0.29, 0.717) is 5.92 Å². The second kappa shape index (κ2) is 8.98. The van der Waals surface area contributed by atoms with Crippen LogP contribution in [-0.2, 0) is 0 Å². The summed E-state index contributed by atoms with van der Waals surface area (Å²) >= 11 is 0. The Morgan fingerprint density at radius 1 is 1.15 bits per heavy atom. The van der Waals surface area contributed by atoms with Crippen LogP contribution in [0, 0.1) is 11.8 Å². The van der Waals surface area contributed by atoms with Crippen LogP contribution in [0.25, 0.3) is 0 Å². The van der Waals surface area contributed by atoms with Gasteiger partial charge in [-0.15, -0.1) is 0 Å². The average molecular weight is 375 g/mol. The SMILES string of the molecule is CCCCCCN1CCC(CN2C(N)=NC(C)(CC(C)C)C2=C2CC2)CC1. The van der Waals surface area contributed by atoms with Gasteiger partial charge in [-0.25, -0.2) is 4.99 Å². The number of allylic oxidation sites excluding steroid dienone is 1. The maximum Gasteiger partial charge on any atom is 0.196 e. The molecule has 0 radical (unpaired) electrons. The fraction of sp³-hybridized carbons (Fsp3) is 0.870. The largest absolute Gasteiger partial charge is 0.369 e. The summed E-state index contributed by atoms with van der Waals surface area (Å²) < 4.78 is 0. The van der Waals surface area contributed by atoms with Crippen LogP contribution in [0.5, 0.6) is 0 Å². The summed E-state index contributed by atoms with van der Waals surface area (Å²) in [7, 11) is 0. The van der Waals surface area contributed by atoms with Crippen LogP contribution in [0.2, 0.25) is 0 Å². The van der Waals surface area contributed by atoms with E-state index in [4.69, 9.17) is 10.7 Å². The zero-order valence-corrected chi connectivity index (χ0v) is 18.3. The summed E-state index contributed by atoms with van der Waals surface area (Å²) in [5.41, 5.74) is 9.44. The Bertz CT molecular complexity index is 551. The Morgan fingerprint density at radius 3 is 2.44 bits per heavy atom. The maximum atomic E-state index is 6.46. The maximum absolute atomic E-state index is 6.46. The van der Waals surface area contributed by atoms with Gasteiger partial charge in [-0.05, 0) is 82.5 Å². The third kappa shape index (κ3) is 5.28. The van der Waals surface area contributed by atoms with Crippen LogP contribution in [0.15, 0.2) is 16.3 Å². The van der Waals surface area contributed by atoms with Gasteiger partial charge >= 0.3 is 0 Å². The van der Waals surface area contributed by atoms with Crippen LogP contribution in [0.4, 0.5) is 0 Å². The number of hydrogen-bond donors (Lipinski definition) is 1. The number of piperidine rings is 1. The predicted molar refractivity (Wildman–Crippen MR) is 116 cm³/mol.